The Kier molecular flexibility index (Phi) is 4.86. The molecule has 0 spiro atoms. The molecule has 0 rings (SSSR count). The first-order valence-corrected chi connectivity index (χ1v) is 4.89. The van der Waals surface area contributed by atoms with Gasteiger partial charge in [0.1, 0.15) is 0 Å². The van der Waals surface area contributed by atoms with Gasteiger partial charge in [-0.15, -0.1) is 0 Å². The first-order valence-electron chi connectivity index (χ1n) is 3.91. The van der Waals surface area contributed by atoms with Crippen molar-refractivity contribution in [1.82, 2.24) is 5.32 Å². The molecular formula is C9H19NS. The Labute approximate surface area is 74.6 Å². The van der Waals surface area contributed by atoms with E-state index in [1.165, 1.54) is 5.57 Å². The fourth-order valence-electron chi connectivity index (χ4n) is 0.620. The van der Waals surface area contributed by atoms with Crippen molar-refractivity contribution in [2.75, 3.05) is 19.3 Å². The lowest BCUT2D eigenvalue weighted by Gasteiger charge is -2.18. The lowest BCUT2D eigenvalue weighted by atomic mass is 10.3. The molecule has 0 aliphatic rings. The van der Waals surface area contributed by atoms with Crippen LogP contribution in [0.3, 0.4) is 0 Å². The average Bonchev–Trinajstić information content (AvgIpc) is 1.83. The van der Waals surface area contributed by atoms with E-state index in [0.29, 0.717) is 4.75 Å². The average molecular weight is 173 g/mol. The highest BCUT2D eigenvalue weighted by molar-refractivity contribution is 8.00. The van der Waals surface area contributed by atoms with Crippen LogP contribution < -0.4 is 5.32 Å². The fourth-order valence-corrected chi connectivity index (χ4v) is 1.36. The molecule has 0 aliphatic heterocycles. The zero-order chi connectivity index (χ0) is 8.91. The third kappa shape index (κ3) is 7.95. The second-order valence-corrected chi connectivity index (χ2v) is 5.48. The van der Waals surface area contributed by atoms with Crippen LogP contribution >= 0.6 is 11.8 Å². The van der Waals surface area contributed by atoms with Crippen LogP contribution in [0, 0.1) is 0 Å². The third-order valence-corrected chi connectivity index (χ3v) is 2.55. The molecule has 0 amide bonds. The Bertz CT molecular complexity index is 124. The summed E-state index contributed by atoms with van der Waals surface area (Å²) in [6.45, 7) is 11.6. The van der Waals surface area contributed by atoms with Crippen molar-refractivity contribution in [1.29, 1.82) is 0 Å². The normalized spacial score (nSPS) is 11.6. The molecular weight excluding hydrogens is 154 g/mol. The van der Waals surface area contributed by atoms with E-state index in [4.69, 9.17) is 0 Å². The molecule has 0 bridgehead atoms. The van der Waals surface area contributed by atoms with Crippen LogP contribution in [0.2, 0.25) is 0 Å². The summed E-state index contributed by atoms with van der Waals surface area (Å²) in [5.74, 6) is 1.06. The Hall–Kier alpha value is 0.0500. The summed E-state index contributed by atoms with van der Waals surface area (Å²) in [5.41, 5.74) is 1.27. The van der Waals surface area contributed by atoms with E-state index in [-0.39, 0.29) is 0 Å². The second kappa shape index (κ2) is 4.83. The van der Waals surface area contributed by atoms with Crippen molar-refractivity contribution in [2.24, 2.45) is 0 Å². The van der Waals surface area contributed by atoms with Gasteiger partial charge in [-0.2, -0.15) is 11.8 Å². The van der Waals surface area contributed by atoms with E-state index in [0.717, 1.165) is 12.3 Å². The monoisotopic (exact) mass is 173 g/mol. The standard InChI is InChI=1S/C9H19NS/c1-8(6-10-5)7-11-9(2,3)4/h10H,1,6-7H2,2-5H3. The van der Waals surface area contributed by atoms with Crippen LogP contribution in [0.4, 0.5) is 0 Å². The van der Waals surface area contributed by atoms with Crippen LogP contribution in [0.15, 0.2) is 12.2 Å². The number of hydrogen-bond donors (Lipinski definition) is 1. The highest BCUT2D eigenvalue weighted by atomic mass is 32.2. The SMILES string of the molecule is C=C(CNC)CSC(C)(C)C. The lowest BCUT2D eigenvalue weighted by molar-refractivity contribution is 0.802. The predicted molar refractivity (Wildman–Crippen MR) is 55.3 cm³/mol. The minimum absolute atomic E-state index is 0.358. The number of rotatable bonds is 4. The molecule has 0 aromatic carbocycles. The van der Waals surface area contributed by atoms with E-state index >= 15 is 0 Å². The first kappa shape index (κ1) is 11.1. The highest BCUT2D eigenvalue weighted by Gasteiger charge is 2.10. The molecule has 0 aromatic rings. The minimum Gasteiger partial charge on any atom is -0.316 e. The maximum atomic E-state index is 3.96. The van der Waals surface area contributed by atoms with Crippen molar-refractivity contribution in [2.45, 2.75) is 25.5 Å². The molecule has 0 saturated carbocycles. The molecule has 0 fully saturated rings. The maximum Gasteiger partial charge on any atom is 0.0167 e. The summed E-state index contributed by atoms with van der Waals surface area (Å²) in [7, 11) is 1.95. The van der Waals surface area contributed by atoms with Crippen molar-refractivity contribution >= 4 is 11.8 Å². The van der Waals surface area contributed by atoms with Gasteiger partial charge in [0.2, 0.25) is 0 Å². The molecule has 0 heterocycles. The summed E-state index contributed by atoms with van der Waals surface area (Å²) >= 11 is 1.94. The molecule has 1 nitrogen and oxygen atoms in total. The summed E-state index contributed by atoms with van der Waals surface area (Å²) < 4.78 is 0.358. The Morgan fingerprint density at radius 2 is 2.00 bits per heavy atom. The van der Waals surface area contributed by atoms with Gasteiger partial charge < -0.3 is 5.32 Å². The predicted octanol–water partition coefficient (Wildman–Crippen LogP) is 2.29. The molecule has 0 atom stereocenters. The molecule has 0 radical (unpaired) electrons. The van der Waals surface area contributed by atoms with Gasteiger partial charge >= 0.3 is 0 Å². The molecule has 0 saturated heterocycles. The van der Waals surface area contributed by atoms with E-state index in [1.54, 1.807) is 0 Å². The highest BCUT2D eigenvalue weighted by Crippen LogP contribution is 2.24. The topological polar surface area (TPSA) is 12.0 Å². The Morgan fingerprint density at radius 3 is 2.36 bits per heavy atom. The fraction of sp³-hybridized carbons (Fsp3) is 0.778. The van der Waals surface area contributed by atoms with Gasteiger partial charge in [0, 0.05) is 17.0 Å². The van der Waals surface area contributed by atoms with Gasteiger partial charge in [0.15, 0.2) is 0 Å². The van der Waals surface area contributed by atoms with E-state index in [1.807, 2.05) is 18.8 Å². The second-order valence-electron chi connectivity index (χ2n) is 3.68. The summed E-state index contributed by atoms with van der Waals surface area (Å²) in [6, 6.07) is 0. The van der Waals surface area contributed by atoms with E-state index < -0.39 is 0 Å². The maximum absolute atomic E-state index is 3.96. The van der Waals surface area contributed by atoms with Crippen LogP contribution in [-0.2, 0) is 0 Å². The van der Waals surface area contributed by atoms with Crippen molar-refractivity contribution in [3.8, 4) is 0 Å². The van der Waals surface area contributed by atoms with E-state index in [9.17, 15) is 0 Å². The van der Waals surface area contributed by atoms with Gasteiger partial charge in [-0.25, -0.2) is 0 Å². The number of likely N-dealkylation sites (N-methyl/N-ethyl adjacent to an activating group) is 1. The zero-order valence-corrected chi connectivity index (χ0v) is 8.85. The van der Waals surface area contributed by atoms with Gasteiger partial charge in [0.05, 0.1) is 0 Å². The molecule has 2 heteroatoms. The van der Waals surface area contributed by atoms with Gasteiger partial charge in [0.25, 0.3) is 0 Å². The van der Waals surface area contributed by atoms with Crippen molar-refractivity contribution in [3.05, 3.63) is 12.2 Å². The number of hydrogen-bond acceptors (Lipinski definition) is 2. The van der Waals surface area contributed by atoms with Gasteiger partial charge in [-0.1, -0.05) is 32.9 Å². The number of nitrogens with one attached hydrogen (secondary N) is 1. The smallest absolute Gasteiger partial charge is 0.0167 e. The quantitative estimate of drug-likeness (QED) is 0.655. The minimum atomic E-state index is 0.358. The van der Waals surface area contributed by atoms with Crippen LogP contribution in [0.5, 0.6) is 0 Å². The summed E-state index contributed by atoms with van der Waals surface area (Å²) in [4.78, 5) is 0. The van der Waals surface area contributed by atoms with E-state index in [2.05, 4.69) is 32.7 Å². The molecule has 11 heavy (non-hydrogen) atoms. The lowest BCUT2D eigenvalue weighted by Crippen LogP contribution is -2.14. The van der Waals surface area contributed by atoms with Gasteiger partial charge in [-0.05, 0) is 7.05 Å². The first-order chi connectivity index (χ1) is 4.95. The number of thioether (sulfide) groups is 1. The molecule has 0 aliphatic carbocycles. The Balaban J connectivity index is 3.46. The summed E-state index contributed by atoms with van der Waals surface area (Å²) in [6.07, 6.45) is 0. The zero-order valence-electron chi connectivity index (χ0n) is 8.03. The molecule has 0 aromatic heterocycles. The van der Waals surface area contributed by atoms with Crippen molar-refractivity contribution in [3.63, 3.8) is 0 Å². The summed E-state index contributed by atoms with van der Waals surface area (Å²) in [5, 5.41) is 3.09. The van der Waals surface area contributed by atoms with Crippen LogP contribution in [0.25, 0.3) is 0 Å². The van der Waals surface area contributed by atoms with Crippen LogP contribution in [0.1, 0.15) is 20.8 Å². The Morgan fingerprint density at radius 1 is 1.45 bits per heavy atom. The molecule has 1 N–H and O–H groups in total. The van der Waals surface area contributed by atoms with Gasteiger partial charge in [-0.3, -0.25) is 0 Å². The molecule has 66 valence electrons. The largest absolute Gasteiger partial charge is 0.316 e. The molecule has 0 unspecified atom stereocenters. The third-order valence-electron chi connectivity index (χ3n) is 1.14. The van der Waals surface area contributed by atoms with Crippen molar-refractivity contribution < 1.29 is 0 Å². The van der Waals surface area contributed by atoms with Crippen LogP contribution in [-0.4, -0.2) is 24.1 Å².